The lowest BCUT2D eigenvalue weighted by Gasteiger charge is -2.12. The summed E-state index contributed by atoms with van der Waals surface area (Å²) in [5.41, 5.74) is 8.80. The van der Waals surface area contributed by atoms with Crippen LogP contribution in [-0.4, -0.2) is 24.0 Å². The Morgan fingerprint density at radius 2 is 2.23 bits per heavy atom. The molecule has 1 atom stereocenters. The summed E-state index contributed by atoms with van der Waals surface area (Å²) < 4.78 is 0. The lowest BCUT2D eigenvalue weighted by Crippen LogP contribution is -2.28. The zero-order valence-corrected chi connectivity index (χ0v) is 13.9. The summed E-state index contributed by atoms with van der Waals surface area (Å²) in [6.45, 7) is 1.24. The Balaban J connectivity index is 0.00000176. The van der Waals surface area contributed by atoms with Crippen molar-refractivity contribution in [1.29, 1.82) is 0 Å². The maximum Gasteiger partial charge on any atom is 0.270 e. The molecule has 4 nitrogen and oxygen atoms in total. The van der Waals surface area contributed by atoms with E-state index in [9.17, 15) is 4.79 Å². The molecular formula is C16H20ClN3OS. The SMILES string of the molecule is Cl.NCCc1nc(C(=O)NCC2CCc3ccccc32)cs1. The van der Waals surface area contributed by atoms with Crippen LogP contribution in [0.1, 0.15) is 39.0 Å². The Hall–Kier alpha value is -1.43. The molecule has 1 aliphatic carbocycles. The van der Waals surface area contributed by atoms with E-state index < -0.39 is 0 Å². The van der Waals surface area contributed by atoms with Crippen LogP contribution in [0.5, 0.6) is 0 Å². The van der Waals surface area contributed by atoms with Gasteiger partial charge < -0.3 is 11.1 Å². The summed E-state index contributed by atoms with van der Waals surface area (Å²) in [5.74, 6) is 0.339. The summed E-state index contributed by atoms with van der Waals surface area (Å²) in [6.07, 6.45) is 2.94. The molecule has 118 valence electrons. The fourth-order valence-electron chi connectivity index (χ4n) is 2.82. The quantitative estimate of drug-likeness (QED) is 0.881. The van der Waals surface area contributed by atoms with Crippen LogP contribution in [0.2, 0.25) is 0 Å². The number of carbonyl (C=O) groups is 1. The second-order valence-electron chi connectivity index (χ2n) is 5.31. The number of hydrogen-bond donors (Lipinski definition) is 2. The van der Waals surface area contributed by atoms with Crippen molar-refractivity contribution in [3.63, 3.8) is 0 Å². The van der Waals surface area contributed by atoms with Gasteiger partial charge in [-0.25, -0.2) is 4.98 Å². The largest absolute Gasteiger partial charge is 0.350 e. The van der Waals surface area contributed by atoms with Crippen LogP contribution < -0.4 is 11.1 Å². The highest BCUT2D eigenvalue weighted by Gasteiger charge is 2.22. The number of halogens is 1. The first-order valence-corrected chi connectivity index (χ1v) is 8.16. The smallest absolute Gasteiger partial charge is 0.270 e. The predicted octanol–water partition coefficient (Wildman–Crippen LogP) is 2.53. The Kier molecular flexibility index (Phi) is 5.94. The van der Waals surface area contributed by atoms with Gasteiger partial charge in [0, 0.05) is 24.3 Å². The highest BCUT2D eigenvalue weighted by atomic mass is 35.5. The first-order chi connectivity index (χ1) is 10.3. The van der Waals surface area contributed by atoms with Gasteiger partial charge in [0.15, 0.2) is 0 Å². The molecule has 1 heterocycles. The molecule has 1 aliphatic rings. The molecule has 2 aromatic rings. The van der Waals surface area contributed by atoms with Crippen LogP contribution >= 0.6 is 23.7 Å². The normalized spacial score (nSPS) is 16.0. The first kappa shape index (κ1) is 16.9. The van der Waals surface area contributed by atoms with Crippen molar-refractivity contribution in [2.24, 2.45) is 5.73 Å². The van der Waals surface area contributed by atoms with Gasteiger partial charge >= 0.3 is 0 Å². The lowest BCUT2D eigenvalue weighted by molar-refractivity contribution is 0.0946. The van der Waals surface area contributed by atoms with Crippen molar-refractivity contribution in [2.45, 2.75) is 25.2 Å². The van der Waals surface area contributed by atoms with E-state index in [2.05, 4.69) is 34.6 Å². The average Bonchev–Trinajstić information content (AvgIpc) is 3.12. The third-order valence-corrected chi connectivity index (χ3v) is 4.82. The third-order valence-electron chi connectivity index (χ3n) is 3.91. The summed E-state index contributed by atoms with van der Waals surface area (Å²) >= 11 is 1.50. The molecule has 0 aliphatic heterocycles. The number of hydrogen-bond acceptors (Lipinski definition) is 4. The van der Waals surface area contributed by atoms with E-state index in [1.165, 1.54) is 22.5 Å². The molecule has 3 rings (SSSR count). The molecule has 1 aromatic carbocycles. The molecule has 6 heteroatoms. The van der Waals surface area contributed by atoms with Crippen molar-refractivity contribution in [1.82, 2.24) is 10.3 Å². The number of nitrogens with two attached hydrogens (primary N) is 1. The summed E-state index contributed by atoms with van der Waals surface area (Å²) in [4.78, 5) is 16.4. The minimum atomic E-state index is -0.0843. The van der Waals surface area contributed by atoms with Gasteiger partial charge in [-0.1, -0.05) is 24.3 Å². The number of carbonyl (C=O) groups excluding carboxylic acids is 1. The predicted molar refractivity (Wildman–Crippen MR) is 92.0 cm³/mol. The van der Waals surface area contributed by atoms with Gasteiger partial charge in [-0.3, -0.25) is 4.79 Å². The van der Waals surface area contributed by atoms with Crippen molar-refractivity contribution in [2.75, 3.05) is 13.1 Å². The average molecular weight is 338 g/mol. The van der Waals surface area contributed by atoms with Crippen LogP contribution in [0.15, 0.2) is 29.6 Å². The van der Waals surface area contributed by atoms with Gasteiger partial charge in [0.25, 0.3) is 5.91 Å². The second kappa shape index (κ2) is 7.72. The maximum absolute atomic E-state index is 12.1. The molecule has 0 saturated heterocycles. The second-order valence-corrected chi connectivity index (χ2v) is 6.25. The molecular weight excluding hydrogens is 318 g/mol. The zero-order chi connectivity index (χ0) is 14.7. The molecule has 0 spiro atoms. The summed E-state index contributed by atoms with van der Waals surface area (Å²) in [6, 6.07) is 8.49. The van der Waals surface area contributed by atoms with Gasteiger partial charge in [-0.15, -0.1) is 23.7 Å². The zero-order valence-electron chi connectivity index (χ0n) is 12.2. The third kappa shape index (κ3) is 3.66. The fraction of sp³-hybridized carbons (Fsp3) is 0.375. The van der Waals surface area contributed by atoms with Gasteiger partial charge in [-0.2, -0.15) is 0 Å². The van der Waals surface area contributed by atoms with E-state index in [4.69, 9.17) is 5.73 Å². The van der Waals surface area contributed by atoms with Gasteiger partial charge in [0.2, 0.25) is 0 Å². The number of thiazole rings is 1. The Labute approximate surface area is 140 Å². The molecule has 1 unspecified atom stereocenters. The summed E-state index contributed by atoms with van der Waals surface area (Å²) in [7, 11) is 0. The van der Waals surface area contributed by atoms with Gasteiger partial charge in [0.1, 0.15) is 5.69 Å². The molecule has 0 fully saturated rings. The molecule has 3 N–H and O–H groups in total. The number of amides is 1. The molecule has 0 radical (unpaired) electrons. The van der Waals surface area contributed by atoms with E-state index in [0.717, 1.165) is 24.3 Å². The highest BCUT2D eigenvalue weighted by molar-refractivity contribution is 7.09. The number of nitrogens with one attached hydrogen (secondary N) is 1. The monoisotopic (exact) mass is 337 g/mol. The van der Waals surface area contributed by atoms with Crippen LogP contribution in [0, 0.1) is 0 Å². The fourth-order valence-corrected chi connectivity index (χ4v) is 3.61. The number of aryl methyl sites for hydroxylation is 1. The Bertz CT molecular complexity index is 644. The van der Waals surface area contributed by atoms with Gasteiger partial charge in [0.05, 0.1) is 5.01 Å². The number of benzene rings is 1. The van der Waals surface area contributed by atoms with Crippen LogP contribution in [-0.2, 0) is 12.8 Å². The molecule has 0 bridgehead atoms. The van der Waals surface area contributed by atoms with E-state index >= 15 is 0 Å². The van der Waals surface area contributed by atoms with Crippen molar-refractivity contribution in [3.05, 3.63) is 51.5 Å². The van der Waals surface area contributed by atoms with Crippen LogP contribution in [0.25, 0.3) is 0 Å². The van der Waals surface area contributed by atoms with E-state index in [1.54, 1.807) is 0 Å². The summed E-state index contributed by atoms with van der Waals surface area (Å²) in [5, 5.41) is 5.74. The maximum atomic E-state index is 12.1. The van der Waals surface area contributed by atoms with E-state index in [-0.39, 0.29) is 18.3 Å². The minimum Gasteiger partial charge on any atom is -0.350 e. The van der Waals surface area contributed by atoms with E-state index in [0.29, 0.717) is 24.7 Å². The number of aromatic nitrogens is 1. The molecule has 22 heavy (non-hydrogen) atoms. The van der Waals surface area contributed by atoms with Crippen LogP contribution in [0.3, 0.4) is 0 Å². The molecule has 1 aromatic heterocycles. The van der Waals surface area contributed by atoms with Crippen molar-refractivity contribution >= 4 is 29.7 Å². The van der Waals surface area contributed by atoms with Gasteiger partial charge in [-0.05, 0) is 30.5 Å². The Morgan fingerprint density at radius 3 is 3.05 bits per heavy atom. The minimum absolute atomic E-state index is 0. The number of nitrogens with zero attached hydrogens (tertiary/aromatic N) is 1. The molecule has 0 saturated carbocycles. The first-order valence-electron chi connectivity index (χ1n) is 7.28. The number of fused-ring (bicyclic) bond motifs is 1. The van der Waals surface area contributed by atoms with Crippen molar-refractivity contribution in [3.8, 4) is 0 Å². The molecule has 1 amide bonds. The van der Waals surface area contributed by atoms with Crippen molar-refractivity contribution < 1.29 is 4.79 Å². The standard InChI is InChI=1S/C16H19N3OS.ClH/c17-8-7-15-19-14(10-21-15)16(20)18-9-12-6-5-11-3-1-2-4-13(11)12;/h1-4,10,12H,5-9,17H2,(H,18,20);1H. The number of rotatable bonds is 5. The topological polar surface area (TPSA) is 68.0 Å². The highest BCUT2D eigenvalue weighted by Crippen LogP contribution is 2.32. The Morgan fingerprint density at radius 1 is 1.41 bits per heavy atom. The van der Waals surface area contributed by atoms with Crippen LogP contribution in [0.4, 0.5) is 0 Å². The lowest BCUT2D eigenvalue weighted by atomic mass is 10.0. The van der Waals surface area contributed by atoms with E-state index in [1.807, 2.05) is 5.38 Å².